The molecule has 6 heteroatoms. The summed E-state index contributed by atoms with van der Waals surface area (Å²) in [5.74, 6) is 1.51. The van der Waals surface area contributed by atoms with Gasteiger partial charge in [-0.2, -0.15) is 0 Å². The summed E-state index contributed by atoms with van der Waals surface area (Å²) in [6.45, 7) is 1.98. The van der Waals surface area contributed by atoms with Crippen LogP contribution < -0.4 is 15.4 Å². The molecule has 0 spiro atoms. The van der Waals surface area contributed by atoms with E-state index in [2.05, 4.69) is 15.6 Å². The van der Waals surface area contributed by atoms with Crippen molar-refractivity contribution in [3.05, 3.63) is 77.9 Å². The number of urea groups is 1. The number of nitrogens with one attached hydrogen (secondary N) is 2. The fourth-order valence-corrected chi connectivity index (χ4v) is 2.77. The van der Waals surface area contributed by atoms with Gasteiger partial charge in [-0.05, 0) is 42.3 Å². The molecule has 0 fully saturated rings. The molecule has 134 valence electrons. The molecule has 26 heavy (non-hydrogen) atoms. The predicted molar refractivity (Wildman–Crippen MR) is 101 cm³/mol. The van der Waals surface area contributed by atoms with E-state index in [1.165, 1.54) is 0 Å². The Bertz CT molecular complexity index is 887. The van der Waals surface area contributed by atoms with Gasteiger partial charge in [-0.3, -0.25) is 0 Å². The Balaban J connectivity index is 1.83. The molecule has 0 bridgehead atoms. The minimum absolute atomic E-state index is 0.292. The highest BCUT2D eigenvalue weighted by atomic mass is 16.5. The third kappa shape index (κ3) is 4.03. The van der Waals surface area contributed by atoms with Crippen LogP contribution in [0, 0.1) is 6.92 Å². The first-order valence-corrected chi connectivity index (χ1v) is 8.32. The highest BCUT2D eigenvalue weighted by molar-refractivity contribution is 5.89. The van der Waals surface area contributed by atoms with Crippen LogP contribution in [0.25, 0.3) is 0 Å². The molecule has 1 aromatic heterocycles. The lowest BCUT2D eigenvalue weighted by Crippen LogP contribution is -2.34. The fourth-order valence-electron chi connectivity index (χ4n) is 2.77. The first-order valence-electron chi connectivity index (χ1n) is 8.32. The van der Waals surface area contributed by atoms with E-state index in [4.69, 9.17) is 4.74 Å². The Hall–Kier alpha value is -3.28. The minimum Gasteiger partial charge on any atom is -0.497 e. The second-order valence-corrected chi connectivity index (χ2v) is 6.07. The lowest BCUT2D eigenvalue weighted by Gasteiger charge is -2.20. The van der Waals surface area contributed by atoms with Gasteiger partial charge in [0.2, 0.25) is 0 Å². The van der Waals surface area contributed by atoms with Crippen molar-refractivity contribution in [2.24, 2.45) is 7.05 Å². The maximum atomic E-state index is 12.6. The fraction of sp³-hybridized carbons (Fsp3) is 0.200. The van der Waals surface area contributed by atoms with E-state index in [1.807, 2.05) is 73.3 Å². The van der Waals surface area contributed by atoms with Gasteiger partial charge in [0.05, 0.1) is 7.11 Å². The number of imidazole rings is 1. The largest absolute Gasteiger partial charge is 0.497 e. The number of methoxy groups -OCH3 is 1. The van der Waals surface area contributed by atoms with Crippen LogP contribution in [0.3, 0.4) is 0 Å². The molecule has 0 aliphatic carbocycles. The van der Waals surface area contributed by atoms with Gasteiger partial charge in [-0.1, -0.05) is 24.3 Å². The highest BCUT2D eigenvalue weighted by Gasteiger charge is 2.21. The molecule has 1 heterocycles. The summed E-state index contributed by atoms with van der Waals surface area (Å²) in [4.78, 5) is 17.0. The summed E-state index contributed by atoms with van der Waals surface area (Å²) in [5, 5.41) is 5.88. The Morgan fingerprint density at radius 2 is 1.96 bits per heavy atom. The van der Waals surface area contributed by atoms with E-state index in [0.717, 1.165) is 28.4 Å². The molecule has 3 rings (SSSR count). The molecule has 2 amide bonds. The van der Waals surface area contributed by atoms with Crippen LogP contribution in [-0.4, -0.2) is 22.7 Å². The topological polar surface area (TPSA) is 68.2 Å². The molecule has 6 nitrogen and oxygen atoms in total. The molecule has 0 saturated heterocycles. The van der Waals surface area contributed by atoms with Crippen molar-refractivity contribution in [3.63, 3.8) is 0 Å². The van der Waals surface area contributed by atoms with Crippen molar-refractivity contribution in [1.29, 1.82) is 0 Å². The quantitative estimate of drug-likeness (QED) is 0.738. The Morgan fingerprint density at radius 1 is 1.19 bits per heavy atom. The third-order valence-corrected chi connectivity index (χ3v) is 4.12. The molecule has 0 aliphatic heterocycles. The van der Waals surface area contributed by atoms with Gasteiger partial charge in [0.15, 0.2) is 0 Å². The van der Waals surface area contributed by atoms with Crippen LogP contribution in [0.2, 0.25) is 0 Å². The van der Waals surface area contributed by atoms with Gasteiger partial charge in [0.1, 0.15) is 17.6 Å². The maximum absolute atomic E-state index is 12.6. The number of amides is 2. The molecule has 3 aromatic rings. The second kappa shape index (κ2) is 7.74. The number of anilines is 1. The minimum atomic E-state index is -0.384. The summed E-state index contributed by atoms with van der Waals surface area (Å²) in [7, 11) is 3.53. The molecule has 1 atom stereocenters. The maximum Gasteiger partial charge on any atom is 0.320 e. The molecule has 0 saturated carbocycles. The number of rotatable bonds is 5. The SMILES string of the molecule is COc1ccc([C@H](NC(=O)Nc2cccc(C)c2)c2nccn2C)cc1. The Kier molecular flexibility index (Phi) is 5.22. The summed E-state index contributed by atoms with van der Waals surface area (Å²) in [6, 6.07) is 14.6. The van der Waals surface area contributed by atoms with Crippen molar-refractivity contribution >= 4 is 11.7 Å². The predicted octanol–water partition coefficient (Wildman–Crippen LogP) is 3.65. The zero-order valence-electron chi connectivity index (χ0n) is 15.1. The van der Waals surface area contributed by atoms with E-state index in [0.29, 0.717) is 0 Å². The Morgan fingerprint density at radius 3 is 2.58 bits per heavy atom. The van der Waals surface area contributed by atoms with E-state index in [9.17, 15) is 4.79 Å². The van der Waals surface area contributed by atoms with Crippen LogP contribution in [0.1, 0.15) is 23.0 Å². The van der Waals surface area contributed by atoms with E-state index >= 15 is 0 Å². The van der Waals surface area contributed by atoms with Gasteiger partial charge in [-0.25, -0.2) is 9.78 Å². The van der Waals surface area contributed by atoms with Gasteiger partial charge in [0.25, 0.3) is 0 Å². The lowest BCUT2D eigenvalue weighted by atomic mass is 10.1. The first-order chi connectivity index (χ1) is 12.6. The van der Waals surface area contributed by atoms with Gasteiger partial charge < -0.3 is 19.9 Å². The van der Waals surface area contributed by atoms with E-state index in [1.54, 1.807) is 13.3 Å². The molecular weight excluding hydrogens is 328 g/mol. The molecule has 2 aromatic carbocycles. The molecular formula is C20H22N4O2. The average Bonchev–Trinajstić information content (AvgIpc) is 3.05. The van der Waals surface area contributed by atoms with Crippen LogP contribution in [0.15, 0.2) is 60.9 Å². The summed E-state index contributed by atoms with van der Waals surface area (Å²) >= 11 is 0. The van der Waals surface area contributed by atoms with Crippen molar-refractivity contribution in [2.75, 3.05) is 12.4 Å². The van der Waals surface area contributed by atoms with Crippen LogP contribution >= 0.6 is 0 Å². The number of carbonyl (C=O) groups excluding carboxylic acids is 1. The smallest absolute Gasteiger partial charge is 0.320 e. The number of benzene rings is 2. The van der Waals surface area contributed by atoms with E-state index < -0.39 is 0 Å². The normalized spacial score (nSPS) is 11.7. The second-order valence-electron chi connectivity index (χ2n) is 6.07. The number of ether oxygens (including phenoxy) is 1. The highest BCUT2D eigenvalue weighted by Crippen LogP contribution is 2.23. The van der Waals surface area contributed by atoms with Gasteiger partial charge >= 0.3 is 6.03 Å². The number of aryl methyl sites for hydroxylation is 2. The number of aromatic nitrogens is 2. The molecule has 0 aliphatic rings. The Labute approximate surface area is 152 Å². The zero-order chi connectivity index (χ0) is 18.5. The molecule has 0 radical (unpaired) electrons. The lowest BCUT2D eigenvalue weighted by molar-refractivity contribution is 0.249. The van der Waals surface area contributed by atoms with Gasteiger partial charge in [0, 0.05) is 25.1 Å². The first kappa shape index (κ1) is 17.5. The van der Waals surface area contributed by atoms with Crippen LogP contribution in [0.4, 0.5) is 10.5 Å². The standard InChI is InChI=1S/C20H22N4O2/c1-14-5-4-6-16(13-14)22-20(25)23-18(19-21-11-12-24(19)2)15-7-9-17(26-3)10-8-15/h4-13,18H,1-3H3,(H2,22,23,25)/t18-/m0/s1. The average molecular weight is 350 g/mol. The van der Waals surface area contributed by atoms with Crippen molar-refractivity contribution in [2.45, 2.75) is 13.0 Å². The van der Waals surface area contributed by atoms with Crippen molar-refractivity contribution < 1.29 is 9.53 Å². The molecule has 0 unspecified atom stereocenters. The summed E-state index contributed by atoms with van der Waals surface area (Å²) in [6.07, 6.45) is 3.57. The van der Waals surface area contributed by atoms with Gasteiger partial charge in [-0.15, -0.1) is 0 Å². The summed E-state index contributed by atoms with van der Waals surface area (Å²) < 4.78 is 7.10. The summed E-state index contributed by atoms with van der Waals surface area (Å²) in [5.41, 5.74) is 2.74. The third-order valence-electron chi connectivity index (χ3n) is 4.12. The number of carbonyl (C=O) groups is 1. The number of hydrogen-bond donors (Lipinski definition) is 2. The number of hydrogen-bond acceptors (Lipinski definition) is 3. The molecule has 2 N–H and O–H groups in total. The van der Waals surface area contributed by atoms with Crippen molar-refractivity contribution in [3.8, 4) is 5.75 Å². The van der Waals surface area contributed by atoms with E-state index in [-0.39, 0.29) is 12.1 Å². The number of nitrogens with zero attached hydrogens (tertiary/aromatic N) is 2. The zero-order valence-corrected chi connectivity index (χ0v) is 15.1. The van der Waals surface area contributed by atoms with Crippen LogP contribution in [-0.2, 0) is 7.05 Å². The van der Waals surface area contributed by atoms with Crippen LogP contribution in [0.5, 0.6) is 5.75 Å². The monoisotopic (exact) mass is 350 g/mol. The van der Waals surface area contributed by atoms with Crippen molar-refractivity contribution in [1.82, 2.24) is 14.9 Å².